The molecule has 0 aliphatic heterocycles. The molecule has 1 aromatic rings. The molecular weight excluding hydrogens is 184 g/mol. The van der Waals surface area contributed by atoms with Crippen molar-refractivity contribution in [2.75, 3.05) is 0 Å². The van der Waals surface area contributed by atoms with Crippen LogP contribution < -0.4 is 0 Å². The largest absolute Gasteiger partial charge is 0.508 e. The average molecular weight is 204 g/mol. The first-order chi connectivity index (χ1) is 7.26. The third-order valence-electron chi connectivity index (χ3n) is 3.85. The van der Waals surface area contributed by atoms with Crippen LogP contribution in [0.3, 0.4) is 0 Å². The molecule has 0 saturated heterocycles. The van der Waals surface area contributed by atoms with Crippen molar-refractivity contribution < 1.29 is 5.11 Å². The number of rotatable bonds is 2. The molecule has 1 aliphatic rings. The molecule has 0 fully saturated rings. The minimum atomic E-state index is 0.420. The van der Waals surface area contributed by atoms with E-state index in [2.05, 4.69) is 19.9 Å². The average Bonchev–Trinajstić information content (AvgIpc) is 2.27. The van der Waals surface area contributed by atoms with Gasteiger partial charge in [-0.05, 0) is 54.4 Å². The molecule has 0 amide bonds. The molecule has 1 aromatic carbocycles. The van der Waals surface area contributed by atoms with Gasteiger partial charge in [-0.25, -0.2) is 0 Å². The zero-order chi connectivity index (χ0) is 10.8. The Hall–Kier alpha value is -0.980. The van der Waals surface area contributed by atoms with Crippen molar-refractivity contribution >= 4 is 0 Å². The molecule has 15 heavy (non-hydrogen) atoms. The first-order valence-electron chi connectivity index (χ1n) is 6.08. The molecule has 1 nitrogen and oxygen atoms in total. The summed E-state index contributed by atoms with van der Waals surface area (Å²) in [6, 6.07) is 5.89. The van der Waals surface area contributed by atoms with Gasteiger partial charge in [0.05, 0.1) is 0 Å². The lowest BCUT2D eigenvalue weighted by molar-refractivity contribution is 0.351. The number of aryl methyl sites for hydroxylation is 1. The fourth-order valence-corrected chi connectivity index (χ4v) is 2.99. The van der Waals surface area contributed by atoms with Crippen molar-refractivity contribution in [1.29, 1.82) is 0 Å². The molecule has 82 valence electrons. The van der Waals surface area contributed by atoms with Gasteiger partial charge in [-0.2, -0.15) is 0 Å². The molecular formula is C14H20O. The Morgan fingerprint density at radius 3 is 2.73 bits per heavy atom. The lowest BCUT2D eigenvalue weighted by Crippen LogP contribution is -2.19. The Bertz CT molecular complexity index is 343. The van der Waals surface area contributed by atoms with E-state index in [-0.39, 0.29) is 0 Å². The van der Waals surface area contributed by atoms with Crippen LogP contribution in [0.4, 0.5) is 0 Å². The van der Waals surface area contributed by atoms with Gasteiger partial charge in [0.15, 0.2) is 0 Å². The maximum absolute atomic E-state index is 9.56. The number of hydrogen-bond acceptors (Lipinski definition) is 1. The minimum absolute atomic E-state index is 0.420. The van der Waals surface area contributed by atoms with Gasteiger partial charge in [0.2, 0.25) is 0 Å². The molecule has 0 bridgehead atoms. The van der Waals surface area contributed by atoms with Gasteiger partial charge in [0, 0.05) is 0 Å². The highest BCUT2D eigenvalue weighted by atomic mass is 16.3. The van der Waals surface area contributed by atoms with Crippen molar-refractivity contribution in [3.63, 3.8) is 0 Å². The molecule has 0 heterocycles. The second-order valence-electron chi connectivity index (χ2n) is 4.60. The number of hydrogen-bond donors (Lipinski definition) is 1. The Morgan fingerprint density at radius 2 is 2.07 bits per heavy atom. The summed E-state index contributed by atoms with van der Waals surface area (Å²) in [7, 11) is 0. The Kier molecular flexibility index (Phi) is 2.99. The molecule has 0 radical (unpaired) electrons. The fourth-order valence-electron chi connectivity index (χ4n) is 2.99. The summed E-state index contributed by atoms with van der Waals surface area (Å²) in [5.74, 6) is 1.89. The van der Waals surface area contributed by atoms with E-state index in [0.29, 0.717) is 11.7 Å². The Morgan fingerprint density at radius 1 is 1.27 bits per heavy atom. The topological polar surface area (TPSA) is 20.2 Å². The summed E-state index contributed by atoms with van der Waals surface area (Å²) in [6.45, 7) is 4.54. The van der Waals surface area contributed by atoms with Crippen molar-refractivity contribution in [2.45, 2.75) is 45.4 Å². The van der Waals surface area contributed by atoms with E-state index < -0.39 is 0 Å². The van der Waals surface area contributed by atoms with Gasteiger partial charge in [0.25, 0.3) is 0 Å². The van der Waals surface area contributed by atoms with Gasteiger partial charge in [-0.3, -0.25) is 0 Å². The van der Waals surface area contributed by atoms with Crippen LogP contribution in [0.15, 0.2) is 18.2 Å². The summed E-state index contributed by atoms with van der Waals surface area (Å²) < 4.78 is 0. The maximum Gasteiger partial charge on any atom is 0.115 e. The van der Waals surface area contributed by atoms with E-state index in [1.807, 2.05) is 12.1 Å². The summed E-state index contributed by atoms with van der Waals surface area (Å²) in [6.07, 6.45) is 4.94. The predicted octanol–water partition coefficient (Wildman–Crippen LogP) is 3.86. The molecule has 0 spiro atoms. The molecule has 1 N–H and O–H groups in total. The van der Waals surface area contributed by atoms with Crippen molar-refractivity contribution in [3.05, 3.63) is 29.3 Å². The number of phenolic OH excluding ortho intramolecular Hbond substituents is 1. The molecule has 0 aromatic heterocycles. The number of phenols is 1. The summed E-state index contributed by atoms with van der Waals surface area (Å²) in [5, 5.41) is 9.56. The van der Waals surface area contributed by atoms with Crippen LogP contribution in [-0.2, 0) is 6.42 Å². The van der Waals surface area contributed by atoms with E-state index in [1.165, 1.54) is 36.8 Å². The zero-order valence-electron chi connectivity index (χ0n) is 9.66. The molecule has 1 heteroatoms. The van der Waals surface area contributed by atoms with E-state index >= 15 is 0 Å². The highest BCUT2D eigenvalue weighted by Crippen LogP contribution is 2.41. The van der Waals surface area contributed by atoms with E-state index in [4.69, 9.17) is 0 Å². The Labute approximate surface area is 92.1 Å². The molecule has 2 unspecified atom stereocenters. The SMILES string of the molecule is CCC1CCc2ccc(O)cc2C1CC. The summed E-state index contributed by atoms with van der Waals surface area (Å²) in [5.41, 5.74) is 2.85. The first-order valence-corrected chi connectivity index (χ1v) is 6.08. The van der Waals surface area contributed by atoms with Crippen LogP contribution >= 0.6 is 0 Å². The number of benzene rings is 1. The molecule has 0 saturated carbocycles. The molecule has 2 rings (SSSR count). The predicted molar refractivity (Wildman–Crippen MR) is 63.2 cm³/mol. The first kappa shape index (κ1) is 10.5. The van der Waals surface area contributed by atoms with Gasteiger partial charge >= 0.3 is 0 Å². The minimum Gasteiger partial charge on any atom is -0.508 e. The van der Waals surface area contributed by atoms with Crippen LogP contribution in [0.5, 0.6) is 5.75 Å². The van der Waals surface area contributed by atoms with Crippen molar-refractivity contribution in [2.24, 2.45) is 5.92 Å². The van der Waals surface area contributed by atoms with E-state index in [9.17, 15) is 5.11 Å². The maximum atomic E-state index is 9.56. The van der Waals surface area contributed by atoms with E-state index in [1.54, 1.807) is 0 Å². The molecule has 1 aliphatic carbocycles. The monoisotopic (exact) mass is 204 g/mol. The van der Waals surface area contributed by atoms with Crippen LogP contribution in [0.2, 0.25) is 0 Å². The smallest absolute Gasteiger partial charge is 0.115 e. The summed E-state index contributed by atoms with van der Waals surface area (Å²) >= 11 is 0. The highest BCUT2D eigenvalue weighted by molar-refractivity contribution is 5.39. The second-order valence-corrected chi connectivity index (χ2v) is 4.60. The van der Waals surface area contributed by atoms with Crippen LogP contribution in [0.25, 0.3) is 0 Å². The van der Waals surface area contributed by atoms with E-state index in [0.717, 1.165) is 5.92 Å². The third-order valence-corrected chi connectivity index (χ3v) is 3.85. The van der Waals surface area contributed by atoms with Gasteiger partial charge < -0.3 is 5.11 Å². The second kappa shape index (κ2) is 4.26. The third kappa shape index (κ3) is 1.88. The van der Waals surface area contributed by atoms with Crippen LogP contribution in [0, 0.1) is 5.92 Å². The lowest BCUT2D eigenvalue weighted by atomic mass is 9.73. The Balaban J connectivity index is 2.39. The van der Waals surface area contributed by atoms with Crippen molar-refractivity contribution in [3.8, 4) is 5.75 Å². The normalized spacial score (nSPS) is 24.9. The lowest BCUT2D eigenvalue weighted by Gasteiger charge is -2.32. The summed E-state index contributed by atoms with van der Waals surface area (Å²) in [4.78, 5) is 0. The quantitative estimate of drug-likeness (QED) is 0.775. The van der Waals surface area contributed by atoms with Gasteiger partial charge in [0.1, 0.15) is 5.75 Å². The van der Waals surface area contributed by atoms with Gasteiger partial charge in [-0.15, -0.1) is 0 Å². The van der Waals surface area contributed by atoms with Gasteiger partial charge in [-0.1, -0.05) is 26.3 Å². The van der Waals surface area contributed by atoms with Crippen LogP contribution in [-0.4, -0.2) is 5.11 Å². The van der Waals surface area contributed by atoms with Crippen molar-refractivity contribution in [1.82, 2.24) is 0 Å². The number of fused-ring (bicyclic) bond motifs is 1. The standard InChI is InChI=1S/C14H20O/c1-3-10-5-6-11-7-8-12(15)9-14(11)13(10)4-2/h7-10,13,15H,3-6H2,1-2H3. The van der Waals surface area contributed by atoms with Crippen LogP contribution in [0.1, 0.15) is 50.2 Å². The number of aromatic hydroxyl groups is 1. The fraction of sp³-hybridized carbons (Fsp3) is 0.571. The molecule has 2 atom stereocenters. The zero-order valence-corrected chi connectivity index (χ0v) is 9.66. The highest BCUT2D eigenvalue weighted by Gasteiger charge is 2.26.